The predicted octanol–water partition coefficient (Wildman–Crippen LogP) is 3.52. The molecule has 0 saturated heterocycles. The Hall–Kier alpha value is -3.87. The second-order valence-electron chi connectivity index (χ2n) is 7.06. The van der Waals surface area contributed by atoms with Crippen LogP contribution in [-0.2, 0) is 10.0 Å². The Labute approximate surface area is 187 Å². The SMILES string of the molecule is Cc1cc2[nH]c(=O)c(=O)[nH]c2cc1S(=O)(=O)Nc1ccc(-c2cccc(C#N)c2)c(Cl)c1. The van der Waals surface area contributed by atoms with Gasteiger partial charge in [0.1, 0.15) is 0 Å². The number of anilines is 1. The van der Waals surface area contributed by atoms with Gasteiger partial charge in [-0.15, -0.1) is 0 Å². The number of nitrogens with zero attached hydrogens (tertiary/aromatic N) is 1. The molecule has 160 valence electrons. The summed E-state index contributed by atoms with van der Waals surface area (Å²) in [7, 11) is -4.03. The largest absolute Gasteiger partial charge is 0.316 e. The van der Waals surface area contributed by atoms with E-state index in [1.807, 2.05) is 0 Å². The maximum atomic E-state index is 13.0. The molecule has 0 radical (unpaired) electrons. The minimum atomic E-state index is -4.03. The fraction of sp³-hybridized carbons (Fsp3) is 0.0455. The minimum Gasteiger partial charge on any atom is -0.316 e. The lowest BCUT2D eigenvalue weighted by molar-refractivity contribution is 0.600. The van der Waals surface area contributed by atoms with Crippen molar-refractivity contribution in [1.82, 2.24) is 9.97 Å². The number of rotatable bonds is 4. The molecule has 0 saturated carbocycles. The molecule has 0 aliphatic carbocycles. The van der Waals surface area contributed by atoms with Crippen LogP contribution in [0, 0.1) is 18.3 Å². The van der Waals surface area contributed by atoms with Crippen molar-refractivity contribution in [3.8, 4) is 17.2 Å². The van der Waals surface area contributed by atoms with Gasteiger partial charge in [0.2, 0.25) is 0 Å². The summed E-state index contributed by atoms with van der Waals surface area (Å²) in [4.78, 5) is 27.8. The molecule has 1 heterocycles. The van der Waals surface area contributed by atoms with Crippen LogP contribution in [0.5, 0.6) is 0 Å². The highest BCUT2D eigenvalue weighted by atomic mass is 35.5. The number of hydrogen-bond donors (Lipinski definition) is 3. The van der Waals surface area contributed by atoms with E-state index < -0.39 is 21.1 Å². The average Bonchev–Trinajstić information content (AvgIpc) is 2.74. The molecule has 0 amide bonds. The van der Waals surface area contributed by atoms with Crippen LogP contribution in [0.15, 0.2) is 69.1 Å². The van der Waals surface area contributed by atoms with Crippen molar-refractivity contribution in [3.05, 3.63) is 91.5 Å². The summed E-state index contributed by atoms with van der Waals surface area (Å²) < 4.78 is 28.5. The number of halogens is 1. The van der Waals surface area contributed by atoms with Crippen LogP contribution in [0.2, 0.25) is 5.02 Å². The van der Waals surface area contributed by atoms with Crippen LogP contribution in [0.3, 0.4) is 0 Å². The van der Waals surface area contributed by atoms with Crippen LogP contribution >= 0.6 is 11.6 Å². The average molecular weight is 467 g/mol. The lowest BCUT2D eigenvalue weighted by Crippen LogP contribution is -2.29. The third kappa shape index (κ3) is 4.01. The molecule has 4 rings (SSSR count). The number of H-pyrrole nitrogens is 2. The Morgan fingerprint density at radius 2 is 1.66 bits per heavy atom. The molecule has 32 heavy (non-hydrogen) atoms. The summed E-state index contributed by atoms with van der Waals surface area (Å²) in [5.74, 6) is 0. The third-order valence-corrected chi connectivity index (χ3v) is 6.67. The maximum absolute atomic E-state index is 13.0. The van der Waals surface area contributed by atoms with Crippen molar-refractivity contribution in [3.63, 3.8) is 0 Å². The molecule has 1 aromatic heterocycles. The van der Waals surface area contributed by atoms with Crippen molar-refractivity contribution in [2.24, 2.45) is 0 Å². The van der Waals surface area contributed by atoms with E-state index in [9.17, 15) is 18.0 Å². The molecule has 3 N–H and O–H groups in total. The molecule has 0 spiro atoms. The first kappa shape index (κ1) is 21.4. The van der Waals surface area contributed by atoms with Gasteiger partial charge in [0.15, 0.2) is 0 Å². The highest BCUT2D eigenvalue weighted by molar-refractivity contribution is 7.92. The molecule has 0 fully saturated rings. The van der Waals surface area contributed by atoms with Crippen molar-refractivity contribution in [1.29, 1.82) is 5.26 Å². The second kappa shape index (κ2) is 8.00. The number of nitriles is 1. The van der Waals surface area contributed by atoms with Crippen molar-refractivity contribution in [2.75, 3.05) is 4.72 Å². The Morgan fingerprint density at radius 1 is 0.969 bits per heavy atom. The Kier molecular flexibility index (Phi) is 5.34. The number of aromatic amines is 2. The van der Waals surface area contributed by atoms with E-state index >= 15 is 0 Å². The fourth-order valence-corrected chi connectivity index (χ4v) is 4.91. The molecule has 0 unspecified atom stereocenters. The lowest BCUT2D eigenvalue weighted by Gasteiger charge is -2.13. The Morgan fingerprint density at radius 3 is 2.31 bits per heavy atom. The molecule has 10 heteroatoms. The number of benzene rings is 3. The van der Waals surface area contributed by atoms with Gasteiger partial charge in [-0.2, -0.15) is 5.26 Å². The van der Waals surface area contributed by atoms with Crippen molar-refractivity contribution in [2.45, 2.75) is 11.8 Å². The van der Waals surface area contributed by atoms with Crippen LogP contribution in [-0.4, -0.2) is 18.4 Å². The number of aryl methyl sites for hydroxylation is 1. The molecular weight excluding hydrogens is 452 g/mol. The van der Waals surface area contributed by atoms with E-state index in [0.29, 0.717) is 27.2 Å². The van der Waals surface area contributed by atoms with Gasteiger partial charge in [-0.1, -0.05) is 29.8 Å². The fourth-order valence-electron chi connectivity index (χ4n) is 3.32. The highest BCUT2D eigenvalue weighted by Crippen LogP contribution is 2.32. The zero-order valence-corrected chi connectivity index (χ0v) is 18.1. The first-order valence-electron chi connectivity index (χ1n) is 9.28. The van der Waals surface area contributed by atoms with Gasteiger partial charge in [-0.3, -0.25) is 14.3 Å². The molecule has 0 aliphatic heterocycles. The number of hydrogen-bond acceptors (Lipinski definition) is 5. The molecule has 8 nitrogen and oxygen atoms in total. The highest BCUT2D eigenvalue weighted by Gasteiger charge is 2.19. The zero-order chi connectivity index (χ0) is 23.0. The standard InChI is InChI=1S/C22H15ClN4O4S/c1-12-7-18-19(26-22(29)21(28)25-18)10-20(12)32(30,31)27-15-5-6-16(17(23)9-15)14-4-2-3-13(8-14)11-24/h2-10,27H,1H3,(H,25,28)(H,26,29). The van der Waals surface area contributed by atoms with Crippen molar-refractivity contribution >= 4 is 38.3 Å². The van der Waals surface area contributed by atoms with Crippen LogP contribution < -0.4 is 15.8 Å². The summed E-state index contributed by atoms with van der Waals surface area (Å²) in [5.41, 5.74) is 1.29. The zero-order valence-electron chi connectivity index (χ0n) is 16.6. The summed E-state index contributed by atoms with van der Waals surface area (Å²) >= 11 is 6.38. The summed E-state index contributed by atoms with van der Waals surface area (Å²) in [5, 5.41) is 9.38. The van der Waals surface area contributed by atoms with Gasteiger partial charge in [-0.25, -0.2) is 8.42 Å². The topological polar surface area (TPSA) is 136 Å². The summed E-state index contributed by atoms with van der Waals surface area (Å²) in [6.07, 6.45) is 0. The molecule has 0 atom stereocenters. The minimum absolute atomic E-state index is 0.0605. The van der Waals surface area contributed by atoms with Gasteiger partial charge in [0, 0.05) is 5.56 Å². The monoisotopic (exact) mass is 466 g/mol. The third-order valence-electron chi connectivity index (χ3n) is 4.83. The summed E-state index contributed by atoms with van der Waals surface area (Å²) in [6.45, 7) is 1.58. The van der Waals surface area contributed by atoms with E-state index in [-0.39, 0.29) is 16.1 Å². The van der Waals surface area contributed by atoms with Gasteiger partial charge < -0.3 is 9.97 Å². The van der Waals surface area contributed by atoms with E-state index in [4.69, 9.17) is 16.9 Å². The Bertz CT molecular complexity index is 1650. The first-order valence-corrected chi connectivity index (χ1v) is 11.1. The first-order chi connectivity index (χ1) is 15.2. The van der Waals surface area contributed by atoms with Crippen molar-refractivity contribution < 1.29 is 8.42 Å². The van der Waals surface area contributed by atoms with Gasteiger partial charge in [0.25, 0.3) is 10.0 Å². The molecule has 4 aromatic rings. The normalized spacial score (nSPS) is 11.3. The smallest absolute Gasteiger partial charge is 0.314 e. The van der Waals surface area contributed by atoms with Crippen LogP contribution in [0.4, 0.5) is 5.69 Å². The number of fused-ring (bicyclic) bond motifs is 1. The molecule has 3 aromatic carbocycles. The van der Waals surface area contributed by atoms with E-state index in [1.165, 1.54) is 18.2 Å². The van der Waals surface area contributed by atoms with E-state index in [2.05, 4.69) is 20.8 Å². The van der Waals surface area contributed by atoms with Gasteiger partial charge >= 0.3 is 11.1 Å². The second-order valence-corrected chi connectivity index (χ2v) is 9.12. The molecule has 0 aliphatic rings. The summed E-state index contributed by atoms with van der Waals surface area (Å²) in [6, 6.07) is 16.4. The predicted molar refractivity (Wildman–Crippen MR) is 122 cm³/mol. The van der Waals surface area contributed by atoms with Gasteiger partial charge in [-0.05, 0) is 54.4 Å². The van der Waals surface area contributed by atoms with Crippen LogP contribution in [0.1, 0.15) is 11.1 Å². The number of sulfonamides is 1. The van der Waals surface area contributed by atoms with Gasteiger partial charge in [0.05, 0.1) is 38.3 Å². The lowest BCUT2D eigenvalue weighted by atomic mass is 10.0. The quantitative estimate of drug-likeness (QED) is 0.395. The number of aromatic nitrogens is 2. The van der Waals surface area contributed by atoms with Crippen LogP contribution in [0.25, 0.3) is 22.2 Å². The van der Waals surface area contributed by atoms with E-state index in [0.717, 1.165) is 5.56 Å². The Balaban J connectivity index is 1.71. The maximum Gasteiger partial charge on any atom is 0.314 e. The molecular formula is C22H15ClN4O4S. The van der Waals surface area contributed by atoms with E-state index in [1.54, 1.807) is 43.3 Å². The molecule has 0 bridgehead atoms. The number of nitrogens with one attached hydrogen (secondary N) is 3.